The molecule has 0 atom stereocenters. The van der Waals surface area contributed by atoms with E-state index in [2.05, 4.69) is 4.98 Å². The van der Waals surface area contributed by atoms with Crippen LogP contribution in [-0.2, 0) is 9.84 Å². The molecule has 4 nitrogen and oxygen atoms in total. The monoisotopic (exact) mass is 290 g/mol. The van der Waals surface area contributed by atoms with Crippen LogP contribution in [0.3, 0.4) is 0 Å². The lowest BCUT2D eigenvalue weighted by molar-refractivity contribution is 0.602. The highest BCUT2D eigenvalue weighted by Gasteiger charge is 2.10. The molecule has 2 rings (SSSR count). The second-order valence-corrected chi connectivity index (χ2v) is 6.19. The second-order valence-electron chi connectivity index (χ2n) is 3.46. The summed E-state index contributed by atoms with van der Waals surface area (Å²) in [5.41, 5.74) is 0.696. The van der Waals surface area contributed by atoms with Crippen LogP contribution in [0.25, 0.3) is 5.69 Å². The number of benzene rings is 1. The summed E-state index contributed by atoms with van der Waals surface area (Å²) >= 11 is 11.6. The van der Waals surface area contributed by atoms with Crippen LogP contribution in [0.15, 0.2) is 35.5 Å². The summed E-state index contributed by atoms with van der Waals surface area (Å²) < 4.78 is 24.1. The number of nitrogens with zero attached hydrogens (tertiary/aromatic N) is 2. The van der Waals surface area contributed by atoms with Crippen molar-refractivity contribution >= 4 is 33.0 Å². The molecule has 0 bridgehead atoms. The number of halogens is 2. The van der Waals surface area contributed by atoms with Gasteiger partial charge in [0, 0.05) is 11.9 Å². The zero-order chi connectivity index (χ0) is 12.6. The minimum atomic E-state index is -3.19. The van der Waals surface area contributed by atoms with E-state index in [4.69, 9.17) is 23.2 Å². The summed E-state index contributed by atoms with van der Waals surface area (Å²) in [6, 6.07) is 6.30. The first-order chi connectivity index (χ1) is 7.89. The Morgan fingerprint density at radius 1 is 1.18 bits per heavy atom. The highest BCUT2D eigenvalue weighted by atomic mass is 35.5. The van der Waals surface area contributed by atoms with Gasteiger partial charge in [-0.05, 0) is 24.3 Å². The zero-order valence-electron chi connectivity index (χ0n) is 8.76. The Hall–Kier alpha value is -1.04. The molecule has 7 heteroatoms. The predicted octanol–water partition coefficient (Wildman–Crippen LogP) is 2.58. The lowest BCUT2D eigenvalue weighted by Crippen LogP contribution is -1.98. The van der Waals surface area contributed by atoms with E-state index >= 15 is 0 Å². The van der Waals surface area contributed by atoms with Gasteiger partial charge in [-0.1, -0.05) is 23.2 Å². The van der Waals surface area contributed by atoms with Crippen molar-refractivity contribution in [1.82, 2.24) is 9.55 Å². The SMILES string of the molecule is CS(=O)(=O)c1ccc(-n2cnc(Cl)c2Cl)cc1. The maximum atomic E-state index is 11.3. The van der Waals surface area contributed by atoms with Crippen LogP contribution in [0.4, 0.5) is 0 Å². The van der Waals surface area contributed by atoms with E-state index in [1.54, 1.807) is 16.7 Å². The second kappa shape index (κ2) is 4.33. The van der Waals surface area contributed by atoms with Crippen LogP contribution in [0.1, 0.15) is 0 Å². The van der Waals surface area contributed by atoms with Crippen molar-refractivity contribution in [1.29, 1.82) is 0 Å². The molecule has 0 aliphatic heterocycles. The minimum Gasteiger partial charge on any atom is -0.288 e. The van der Waals surface area contributed by atoms with Gasteiger partial charge in [0.15, 0.2) is 20.1 Å². The highest BCUT2D eigenvalue weighted by molar-refractivity contribution is 7.90. The molecule has 0 radical (unpaired) electrons. The Morgan fingerprint density at radius 3 is 2.18 bits per heavy atom. The summed E-state index contributed by atoms with van der Waals surface area (Å²) in [6.07, 6.45) is 2.63. The first-order valence-electron chi connectivity index (χ1n) is 4.58. The molecule has 0 aliphatic carbocycles. The van der Waals surface area contributed by atoms with Gasteiger partial charge >= 0.3 is 0 Å². The fourth-order valence-electron chi connectivity index (χ4n) is 1.35. The molecular weight excluding hydrogens is 283 g/mol. The van der Waals surface area contributed by atoms with Crippen LogP contribution in [0.5, 0.6) is 0 Å². The van der Waals surface area contributed by atoms with Gasteiger partial charge in [-0.25, -0.2) is 13.4 Å². The summed E-state index contributed by atoms with van der Waals surface area (Å²) in [6.45, 7) is 0. The normalized spacial score (nSPS) is 11.7. The summed E-state index contributed by atoms with van der Waals surface area (Å²) in [7, 11) is -3.19. The van der Waals surface area contributed by atoms with Gasteiger partial charge in [-0.3, -0.25) is 4.57 Å². The number of hydrogen-bond donors (Lipinski definition) is 0. The topological polar surface area (TPSA) is 52.0 Å². The molecule has 0 fully saturated rings. The van der Waals surface area contributed by atoms with E-state index in [9.17, 15) is 8.42 Å². The van der Waals surface area contributed by atoms with Crippen LogP contribution >= 0.6 is 23.2 Å². The Bertz CT molecular complexity index is 647. The third-order valence-electron chi connectivity index (χ3n) is 2.21. The molecule has 0 aliphatic rings. The van der Waals surface area contributed by atoms with Crippen molar-refractivity contribution in [2.75, 3.05) is 6.26 Å². The molecule has 1 heterocycles. The van der Waals surface area contributed by atoms with E-state index in [0.717, 1.165) is 6.26 Å². The van der Waals surface area contributed by atoms with Gasteiger partial charge in [-0.15, -0.1) is 0 Å². The average molecular weight is 291 g/mol. The smallest absolute Gasteiger partial charge is 0.175 e. The fourth-order valence-corrected chi connectivity index (χ4v) is 2.30. The maximum Gasteiger partial charge on any atom is 0.175 e. The first-order valence-corrected chi connectivity index (χ1v) is 7.23. The lowest BCUT2D eigenvalue weighted by Gasteiger charge is -2.04. The van der Waals surface area contributed by atoms with E-state index in [1.165, 1.54) is 18.5 Å². The van der Waals surface area contributed by atoms with Crippen molar-refractivity contribution in [3.63, 3.8) is 0 Å². The Labute approximate surface area is 109 Å². The predicted molar refractivity (Wildman–Crippen MR) is 66.7 cm³/mol. The van der Waals surface area contributed by atoms with Gasteiger partial charge in [0.25, 0.3) is 0 Å². The molecule has 0 saturated heterocycles. The number of rotatable bonds is 2. The molecule has 0 unspecified atom stereocenters. The summed E-state index contributed by atoms with van der Waals surface area (Å²) in [4.78, 5) is 4.10. The number of aromatic nitrogens is 2. The van der Waals surface area contributed by atoms with Crippen LogP contribution in [-0.4, -0.2) is 24.2 Å². The molecule has 0 amide bonds. The van der Waals surface area contributed by atoms with Crippen molar-refractivity contribution in [2.24, 2.45) is 0 Å². The average Bonchev–Trinajstić information content (AvgIpc) is 2.59. The van der Waals surface area contributed by atoms with Crippen molar-refractivity contribution in [3.8, 4) is 5.69 Å². The van der Waals surface area contributed by atoms with Gasteiger partial charge < -0.3 is 0 Å². The quantitative estimate of drug-likeness (QED) is 0.854. The van der Waals surface area contributed by atoms with E-state index in [1.807, 2.05) is 0 Å². The highest BCUT2D eigenvalue weighted by Crippen LogP contribution is 2.24. The van der Waals surface area contributed by atoms with Crippen molar-refractivity contribution < 1.29 is 8.42 Å². The third kappa shape index (κ3) is 2.46. The van der Waals surface area contributed by atoms with E-state index in [-0.39, 0.29) is 10.0 Å². The van der Waals surface area contributed by atoms with Crippen LogP contribution in [0.2, 0.25) is 10.3 Å². The lowest BCUT2D eigenvalue weighted by atomic mass is 10.3. The van der Waals surface area contributed by atoms with Gasteiger partial charge in [0.05, 0.1) is 4.90 Å². The van der Waals surface area contributed by atoms with E-state index in [0.29, 0.717) is 10.8 Å². The molecule has 1 aromatic carbocycles. The molecule has 0 spiro atoms. The molecule has 0 saturated carbocycles. The van der Waals surface area contributed by atoms with Gasteiger partial charge in [0.1, 0.15) is 6.33 Å². The minimum absolute atomic E-state index is 0.207. The largest absolute Gasteiger partial charge is 0.288 e. The molecule has 1 aromatic heterocycles. The fraction of sp³-hybridized carbons (Fsp3) is 0.100. The van der Waals surface area contributed by atoms with E-state index < -0.39 is 9.84 Å². The maximum absolute atomic E-state index is 11.3. The van der Waals surface area contributed by atoms with Gasteiger partial charge in [-0.2, -0.15) is 0 Å². The third-order valence-corrected chi connectivity index (χ3v) is 4.07. The van der Waals surface area contributed by atoms with Crippen LogP contribution < -0.4 is 0 Å². The number of sulfone groups is 1. The van der Waals surface area contributed by atoms with Gasteiger partial charge in [0.2, 0.25) is 0 Å². The molecular formula is C10H8Cl2N2O2S. The number of imidazole rings is 1. The van der Waals surface area contributed by atoms with Crippen molar-refractivity contribution in [2.45, 2.75) is 4.90 Å². The molecule has 2 aromatic rings. The first kappa shape index (κ1) is 12.4. The van der Waals surface area contributed by atoms with Crippen molar-refractivity contribution in [3.05, 3.63) is 40.9 Å². The zero-order valence-corrected chi connectivity index (χ0v) is 11.1. The molecule has 90 valence electrons. The number of hydrogen-bond acceptors (Lipinski definition) is 3. The van der Waals surface area contributed by atoms with Crippen LogP contribution in [0, 0.1) is 0 Å². The Balaban J connectivity index is 2.46. The standard InChI is InChI=1S/C10H8Cl2N2O2S/c1-17(15,16)8-4-2-7(3-5-8)14-6-13-9(11)10(14)12/h2-6H,1H3. The molecule has 17 heavy (non-hydrogen) atoms. The summed E-state index contributed by atoms with van der Waals surface area (Å²) in [5.74, 6) is 0. The molecule has 0 N–H and O–H groups in total. The Morgan fingerprint density at radius 2 is 1.76 bits per heavy atom. The Kier molecular flexibility index (Phi) is 3.16. The summed E-state index contributed by atoms with van der Waals surface area (Å²) in [5, 5.41) is 0.498.